The molecule has 0 saturated carbocycles. The van der Waals surface area contributed by atoms with Crippen molar-refractivity contribution in [1.29, 1.82) is 0 Å². The van der Waals surface area contributed by atoms with E-state index >= 15 is 0 Å². The minimum absolute atomic E-state index is 0.148. The number of methoxy groups -OCH3 is 1. The smallest absolute Gasteiger partial charge is 0.164 e. The van der Waals surface area contributed by atoms with Crippen molar-refractivity contribution < 1.29 is 4.74 Å². The molecule has 1 aromatic heterocycles. The monoisotopic (exact) mass is 278 g/mol. The summed E-state index contributed by atoms with van der Waals surface area (Å²) in [6, 6.07) is 0.148. The van der Waals surface area contributed by atoms with Gasteiger partial charge in [0.1, 0.15) is 5.69 Å². The van der Waals surface area contributed by atoms with Crippen LogP contribution in [0.3, 0.4) is 0 Å². The maximum Gasteiger partial charge on any atom is 0.164 e. The van der Waals surface area contributed by atoms with E-state index < -0.39 is 0 Å². The van der Waals surface area contributed by atoms with Crippen LogP contribution in [-0.2, 0) is 6.54 Å². The predicted molar refractivity (Wildman–Crippen MR) is 81.8 cm³/mol. The van der Waals surface area contributed by atoms with Crippen molar-refractivity contribution in [3.63, 3.8) is 0 Å². The van der Waals surface area contributed by atoms with Crippen molar-refractivity contribution in [2.24, 2.45) is 5.73 Å². The lowest BCUT2D eigenvalue weighted by Gasteiger charge is -2.15. The summed E-state index contributed by atoms with van der Waals surface area (Å²) in [6.07, 6.45) is 8.49. The Labute approximate surface area is 121 Å². The molecular formula is C15H26N4O. The first kappa shape index (κ1) is 15.1. The number of aromatic nitrogens is 2. The van der Waals surface area contributed by atoms with Crippen molar-refractivity contribution in [3.8, 4) is 5.75 Å². The van der Waals surface area contributed by atoms with E-state index in [0.29, 0.717) is 0 Å². The first-order valence-corrected chi connectivity index (χ1v) is 7.33. The van der Waals surface area contributed by atoms with E-state index in [1.54, 1.807) is 7.11 Å². The van der Waals surface area contributed by atoms with E-state index in [2.05, 4.69) is 30.2 Å². The number of likely N-dealkylation sites (N-methyl/N-ethyl adjacent to an activating group) is 1. The molecule has 1 aliphatic rings. The Morgan fingerprint density at radius 1 is 1.45 bits per heavy atom. The highest BCUT2D eigenvalue weighted by Gasteiger charge is 2.18. The topological polar surface area (TPSA) is 56.3 Å². The molecule has 1 unspecified atom stereocenters. The van der Waals surface area contributed by atoms with Crippen molar-refractivity contribution in [2.45, 2.75) is 38.3 Å². The quantitative estimate of drug-likeness (QED) is 0.891. The number of hydrogen-bond acceptors (Lipinski definition) is 4. The number of rotatable bonds is 5. The molecule has 1 aliphatic carbocycles. The lowest BCUT2D eigenvalue weighted by atomic mass is 10.1. The van der Waals surface area contributed by atoms with E-state index in [9.17, 15) is 0 Å². The molecule has 1 heterocycles. The SMILES string of the molecule is COc1cnn(CCN(C)C)c1C1=CC(N)CCCC1. The third-order valence-electron chi connectivity index (χ3n) is 3.74. The Bertz CT molecular complexity index is 464. The second kappa shape index (κ2) is 6.90. The van der Waals surface area contributed by atoms with E-state index in [1.807, 2.05) is 10.9 Å². The normalized spacial score (nSPS) is 19.9. The maximum atomic E-state index is 6.14. The van der Waals surface area contributed by atoms with Gasteiger partial charge >= 0.3 is 0 Å². The molecule has 0 radical (unpaired) electrons. The van der Waals surface area contributed by atoms with Crippen molar-refractivity contribution in [1.82, 2.24) is 14.7 Å². The van der Waals surface area contributed by atoms with Gasteiger partial charge in [-0.05, 0) is 38.9 Å². The van der Waals surface area contributed by atoms with Gasteiger partial charge in [-0.1, -0.05) is 12.5 Å². The molecule has 5 heteroatoms. The average molecular weight is 278 g/mol. The zero-order chi connectivity index (χ0) is 14.5. The lowest BCUT2D eigenvalue weighted by Crippen LogP contribution is -2.20. The van der Waals surface area contributed by atoms with Crippen LogP contribution in [0.25, 0.3) is 5.57 Å². The van der Waals surface area contributed by atoms with Crippen LogP contribution in [0.5, 0.6) is 5.75 Å². The molecule has 0 saturated heterocycles. The molecule has 2 rings (SSSR count). The molecule has 0 aliphatic heterocycles. The molecular weight excluding hydrogens is 252 g/mol. The third-order valence-corrected chi connectivity index (χ3v) is 3.74. The van der Waals surface area contributed by atoms with E-state index in [0.717, 1.165) is 37.4 Å². The van der Waals surface area contributed by atoms with Crippen LogP contribution in [0.15, 0.2) is 12.3 Å². The van der Waals surface area contributed by atoms with Gasteiger partial charge in [-0.2, -0.15) is 5.10 Å². The highest BCUT2D eigenvalue weighted by Crippen LogP contribution is 2.32. The Morgan fingerprint density at radius 2 is 2.25 bits per heavy atom. The minimum Gasteiger partial charge on any atom is -0.493 e. The number of hydrogen-bond donors (Lipinski definition) is 1. The summed E-state index contributed by atoms with van der Waals surface area (Å²) in [5, 5.41) is 4.47. The van der Waals surface area contributed by atoms with Crippen LogP contribution in [-0.4, -0.2) is 48.5 Å². The first-order chi connectivity index (χ1) is 9.61. The zero-order valence-electron chi connectivity index (χ0n) is 12.8. The van der Waals surface area contributed by atoms with Crippen molar-refractivity contribution in [3.05, 3.63) is 18.0 Å². The van der Waals surface area contributed by atoms with Gasteiger partial charge in [0.2, 0.25) is 0 Å². The van der Waals surface area contributed by atoms with E-state index in [4.69, 9.17) is 10.5 Å². The molecule has 112 valence electrons. The fraction of sp³-hybridized carbons (Fsp3) is 0.667. The molecule has 0 bridgehead atoms. The molecule has 20 heavy (non-hydrogen) atoms. The molecule has 0 aromatic carbocycles. The van der Waals surface area contributed by atoms with Gasteiger partial charge < -0.3 is 15.4 Å². The summed E-state index contributed by atoms with van der Waals surface area (Å²) in [5.41, 5.74) is 8.52. The number of nitrogens with zero attached hydrogens (tertiary/aromatic N) is 3. The molecule has 1 atom stereocenters. The van der Waals surface area contributed by atoms with Gasteiger partial charge in [-0.15, -0.1) is 0 Å². The van der Waals surface area contributed by atoms with Crippen LogP contribution in [0.1, 0.15) is 31.4 Å². The van der Waals surface area contributed by atoms with Crippen LogP contribution >= 0.6 is 0 Å². The molecule has 0 amide bonds. The first-order valence-electron chi connectivity index (χ1n) is 7.33. The van der Waals surface area contributed by atoms with Gasteiger partial charge in [0.05, 0.1) is 19.9 Å². The van der Waals surface area contributed by atoms with Gasteiger partial charge in [0.15, 0.2) is 5.75 Å². The van der Waals surface area contributed by atoms with Gasteiger partial charge in [-0.3, -0.25) is 4.68 Å². The summed E-state index contributed by atoms with van der Waals surface area (Å²) in [7, 11) is 5.84. The van der Waals surface area contributed by atoms with Crippen LogP contribution in [0, 0.1) is 0 Å². The lowest BCUT2D eigenvalue weighted by molar-refractivity contribution is 0.370. The number of allylic oxidation sites excluding steroid dienone is 1. The summed E-state index contributed by atoms with van der Waals surface area (Å²) >= 11 is 0. The van der Waals surface area contributed by atoms with Crippen LogP contribution < -0.4 is 10.5 Å². The molecule has 0 spiro atoms. The standard InChI is InChI=1S/C15H26N4O/c1-18(2)8-9-19-15(14(20-3)11-17-19)12-6-4-5-7-13(16)10-12/h10-11,13H,4-9,16H2,1-3H3. The van der Waals surface area contributed by atoms with Crippen molar-refractivity contribution in [2.75, 3.05) is 27.7 Å². The minimum atomic E-state index is 0.148. The van der Waals surface area contributed by atoms with E-state index in [1.165, 1.54) is 18.4 Å². The Balaban J connectivity index is 2.29. The summed E-state index contributed by atoms with van der Waals surface area (Å²) < 4.78 is 7.53. The molecule has 0 fully saturated rings. The van der Waals surface area contributed by atoms with Crippen LogP contribution in [0.2, 0.25) is 0 Å². The Hall–Kier alpha value is -1.33. The van der Waals surface area contributed by atoms with Crippen molar-refractivity contribution >= 4 is 5.57 Å². The average Bonchev–Trinajstić information content (AvgIpc) is 2.71. The summed E-state index contributed by atoms with van der Waals surface area (Å²) in [6.45, 7) is 1.81. The fourth-order valence-electron chi connectivity index (χ4n) is 2.62. The highest BCUT2D eigenvalue weighted by molar-refractivity contribution is 5.68. The zero-order valence-corrected chi connectivity index (χ0v) is 12.8. The third kappa shape index (κ3) is 3.61. The fourth-order valence-corrected chi connectivity index (χ4v) is 2.62. The Morgan fingerprint density at radius 3 is 2.95 bits per heavy atom. The molecule has 2 N–H and O–H groups in total. The highest BCUT2D eigenvalue weighted by atomic mass is 16.5. The van der Waals surface area contributed by atoms with E-state index in [-0.39, 0.29) is 6.04 Å². The van der Waals surface area contributed by atoms with Gasteiger partial charge in [0, 0.05) is 12.6 Å². The summed E-state index contributed by atoms with van der Waals surface area (Å²) in [4.78, 5) is 2.16. The van der Waals surface area contributed by atoms with Gasteiger partial charge in [0.25, 0.3) is 0 Å². The number of ether oxygens (including phenoxy) is 1. The molecule has 1 aromatic rings. The maximum absolute atomic E-state index is 6.14. The Kier molecular flexibility index (Phi) is 5.20. The summed E-state index contributed by atoms with van der Waals surface area (Å²) in [5.74, 6) is 0.851. The second-order valence-electron chi connectivity index (χ2n) is 5.69. The number of nitrogens with two attached hydrogens (primary N) is 1. The van der Waals surface area contributed by atoms with Gasteiger partial charge in [-0.25, -0.2) is 0 Å². The van der Waals surface area contributed by atoms with Crippen LogP contribution in [0.4, 0.5) is 0 Å². The molecule has 5 nitrogen and oxygen atoms in total. The largest absolute Gasteiger partial charge is 0.493 e. The predicted octanol–water partition coefficient (Wildman–Crippen LogP) is 1.74. The second-order valence-corrected chi connectivity index (χ2v) is 5.69.